The van der Waals surface area contributed by atoms with E-state index in [4.69, 9.17) is 5.14 Å². The van der Waals surface area contributed by atoms with Crippen molar-refractivity contribution in [1.29, 1.82) is 0 Å². The molecule has 3 heterocycles. The van der Waals surface area contributed by atoms with E-state index in [9.17, 15) is 13.2 Å². The molecule has 4 aromatic rings. The van der Waals surface area contributed by atoms with Gasteiger partial charge in [-0.25, -0.2) is 28.2 Å². The number of anilines is 1. The van der Waals surface area contributed by atoms with E-state index in [0.717, 1.165) is 0 Å². The summed E-state index contributed by atoms with van der Waals surface area (Å²) in [4.78, 5) is 20.9. The van der Waals surface area contributed by atoms with Crippen LogP contribution in [0, 0.1) is 0 Å². The Balaban J connectivity index is 1.68. The molecule has 29 heavy (non-hydrogen) atoms. The van der Waals surface area contributed by atoms with E-state index in [1.807, 2.05) is 6.07 Å². The van der Waals surface area contributed by atoms with Crippen molar-refractivity contribution >= 4 is 21.6 Å². The quantitative estimate of drug-likeness (QED) is 0.510. The number of nitrogens with zero attached hydrogens (tertiary/aromatic N) is 5. The van der Waals surface area contributed by atoms with Crippen molar-refractivity contribution < 1.29 is 13.2 Å². The van der Waals surface area contributed by atoms with Crippen molar-refractivity contribution in [2.24, 2.45) is 5.14 Å². The standard InChI is InChI=1S/C18H15N7O3S/c19-29(27,28)18-15(11-25(23-18)13-5-2-1-3-6-13)22-17(26)14-7-4-8-16(21-14)24-10-9-20-12-24/h1-12H,(H,22,26)(H2,19,27,28). The summed E-state index contributed by atoms with van der Waals surface area (Å²) in [6.45, 7) is 0. The van der Waals surface area contributed by atoms with Gasteiger partial charge >= 0.3 is 0 Å². The Morgan fingerprint density at radius 1 is 1.07 bits per heavy atom. The van der Waals surface area contributed by atoms with Gasteiger partial charge in [-0.15, -0.1) is 0 Å². The SMILES string of the molecule is NS(=O)(=O)c1nn(-c2ccccc2)cc1NC(=O)c1cccc(-n2ccnc2)n1. The lowest BCUT2D eigenvalue weighted by molar-refractivity contribution is 0.102. The maximum absolute atomic E-state index is 12.7. The van der Waals surface area contributed by atoms with Gasteiger partial charge in [0.2, 0.25) is 5.03 Å². The molecule has 4 rings (SSSR count). The van der Waals surface area contributed by atoms with Gasteiger partial charge in [0, 0.05) is 12.4 Å². The maximum Gasteiger partial charge on any atom is 0.274 e. The zero-order valence-electron chi connectivity index (χ0n) is 14.9. The van der Waals surface area contributed by atoms with E-state index in [0.29, 0.717) is 11.5 Å². The molecule has 0 atom stereocenters. The zero-order valence-corrected chi connectivity index (χ0v) is 15.7. The molecular formula is C18H15N7O3S. The van der Waals surface area contributed by atoms with Crippen molar-refractivity contribution in [3.8, 4) is 11.5 Å². The minimum atomic E-state index is -4.17. The Kier molecular flexibility index (Phi) is 4.66. The molecule has 1 aromatic carbocycles. The predicted molar refractivity (Wildman–Crippen MR) is 104 cm³/mol. The van der Waals surface area contributed by atoms with Crippen LogP contribution in [0.25, 0.3) is 11.5 Å². The molecule has 0 unspecified atom stereocenters. The first-order chi connectivity index (χ1) is 13.9. The average Bonchev–Trinajstić information content (AvgIpc) is 3.39. The highest BCUT2D eigenvalue weighted by molar-refractivity contribution is 7.89. The normalized spacial score (nSPS) is 11.3. The van der Waals surface area contributed by atoms with Crippen LogP contribution in [-0.2, 0) is 10.0 Å². The number of aromatic nitrogens is 5. The number of primary sulfonamides is 1. The van der Waals surface area contributed by atoms with Gasteiger partial charge in [0.25, 0.3) is 15.9 Å². The van der Waals surface area contributed by atoms with Gasteiger partial charge in [0.1, 0.15) is 23.5 Å². The Morgan fingerprint density at radius 2 is 1.86 bits per heavy atom. The number of benzene rings is 1. The average molecular weight is 409 g/mol. The summed E-state index contributed by atoms with van der Waals surface area (Å²) < 4.78 is 26.9. The fourth-order valence-electron chi connectivity index (χ4n) is 2.64. The van der Waals surface area contributed by atoms with Crippen LogP contribution in [0.15, 0.2) is 78.5 Å². The van der Waals surface area contributed by atoms with Crippen molar-refractivity contribution in [2.75, 3.05) is 5.32 Å². The van der Waals surface area contributed by atoms with E-state index in [1.54, 1.807) is 59.7 Å². The molecule has 3 aromatic heterocycles. The number of hydrogen-bond donors (Lipinski definition) is 2. The lowest BCUT2D eigenvalue weighted by atomic mass is 10.3. The van der Waals surface area contributed by atoms with Gasteiger partial charge in [0.05, 0.1) is 11.9 Å². The van der Waals surface area contributed by atoms with Gasteiger partial charge in [-0.05, 0) is 24.3 Å². The van der Waals surface area contributed by atoms with Crippen LogP contribution in [0.3, 0.4) is 0 Å². The van der Waals surface area contributed by atoms with Gasteiger partial charge in [-0.1, -0.05) is 24.3 Å². The molecule has 0 radical (unpaired) electrons. The third-order valence-corrected chi connectivity index (χ3v) is 4.80. The summed E-state index contributed by atoms with van der Waals surface area (Å²) in [7, 11) is -4.17. The number of rotatable bonds is 5. The van der Waals surface area contributed by atoms with Crippen molar-refractivity contribution in [3.63, 3.8) is 0 Å². The second-order valence-electron chi connectivity index (χ2n) is 5.98. The van der Waals surface area contributed by atoms with Gasteiger partial charge in [-0.2, -0.15) is 5.10 Å². The van der Waals surface area contributed by atoms with E-state index < -0.39 is 21.0 Å². The summed E-state index contributed by atoms with van der Waals surface area (Å²) in [6.07, 6.45) is 6.21. The molecule has 0 saturated heterocycles. The first-order valence-corrected chi connectivity index (χ1v) is 9.91. The number of sulfonamides is 1. The number of para-hydroxylation sites is 1. The molecular weight excluding hydrogens is 394 g/mol. The summed E-state index contributed by atoms with van der Waals surface area (Å²) in [5, 5.41) is 11.4. The van der Waals surface area contributed by atoms with Crippen molar-refractivity contribution in [3.05, 3.63) is 79.1 Å². The molecule has 3 N–H and O–H groups in total. The molecule has 146 valence electrons. The fourth-order valence-corrected chi connectivity index (χ4v) is 3.25. The van der Waals surface area contributed by atoms with Gasteiger partial charge < -0.3 is 5.32 Å². The molecule has 0 aliphatic heterocycles. The number of nitrogens with two attached hydrogens (primary N) is 1. The zero-order chi connectivity index (χ0) is 20.4. The minimum absolute atomic E-state index is 0.0452. The topological polar surface area (TPSA) is 138 Å². The van der Waals surface area contributed by atoms with Crippen LogP contribution < -0.4 is 10.5 Å². The van der Waals surface area contributed by atoms with E-state index in [1.165, 1.54) is 16.9 Å². The lowest BCUT2D eigenvalue weighted by Crippen LogP contribution is -2.19. The smallest absolute Gasteiger partial charge is 0.274 e. The first kappa shape index (κ1) is 18.5. The van der Waals surface area contributed by atoms with Crippen LogP contribution in [0.5, 0.6) is 0 Å². The molecule has 1 amide bonds. The summed E-state index contributed by atoms with van der Waals surface area (Å²) in [5.74, 6) is -0.119. The van der Waals surface area contributed by atoms with Crippen molar-refractivity contribution in [1.82, 2.24) is 24.3 Å². The highest BCUT2D eigenvalue weighted by Crippen LogP contribution is 2.21. The molecule has 0 saturated carbocycles. The number of imidazole rings is 1. The number of amides is 1. The van der Waals surface area contributed by atoms with Crippen LogP contribution >= 0.6 is 0 Å². The molecule has 10 nitrogen and oxygen atoms in total. The number of carbonyl (C=O) groups is 1. The molecule has 0 aliphatic rings. The van der Waals surface area contributed by atoms with Crippen LogP contribution in [0.4, 0.5) is 5.69 Å². The minimum Gasteiger partial charge on any atom is -0.317 e. The van der Waals surface area contributed by atoms with E-state index in [-0.39, 0.29) is 11.4 Å². The van der Waals surface area contributed by atoms with Gasteiger partial charge in [-0.3, -0.25) is 9.36 Å². The Morgan fingerprint density at radius 3 is 2.55 bits per heavy atom. The third-order valence-electron chi connectivity index (χ3n) is 3.95. The molecule has 0 spiro atoms. The van der Waals surface area contributed by atoms with E-state index >= 15 is 0 Å². The van der Waals surface area contributed by atoms with Gasteiger partial charge in [0.15, 0.2) is 0 Å². The highest BCUT2D eigenvalue weighted by atomic mass is 32.2. The number of carbonyl (C=O) groups excluding carboxylic acids is 1. The number of nitrogens with one attached hydrogen (secondary N) is 1. The van der Waals surface area contributed by atoms with E-state index in [2.05, 4.69) is 20.4 Å². The third kappa shape index (κ3) is 3.90. The predicted octanol–water partition coefficient (Wildman–Crippen LogP) is 1.35. The second-order valence-corrected chi connectivity index (χ2v) is 7.45. The fraction of sp³-hybridized carbons (Fsp3) is 0. The number of hydrogen-bond acceptors (Lipinski definition) is 6. The molecule has 0 aliphatic carbocycles. The first-order valence-electron chi connectivity index (χ1n) is 8.36. The summed E-state index contributed by atoms with van der Waals surface area (Å²) in [5.41, 5.74) is 0.651. The molecule has 0 fully saturated rings. The molecule has 11 heteroatoms. The van der Waals surface area contributed by atoms with Crippen LogP contribution in [0.2, 0.25) is 0 Å². The Hall–Kier alpha value is -3.83. The highest BCUT2D eigenvalue weighted by Gasteiger charge is 2.22. The lowest BCUT2D eigenvalue weighted by Gasteiger charge is -2.06. The summed E-state index contributed by atoms with van der Waals surface area (Å²) >= 11 is 0. The summed E-state index contributed by atoms with van der Waals surface area (Å²) in [6, 6.07) is 13.7. The van der Waals surface area contributed by atoms with Crippen molar-refractivity contribution in [2.45, 2.75) is 5.03 Å². The Labute approximate surface area is 165 Å². The maximum atomic E-state index is 12.7. The Bertz CT molecular complexity index is 1270. The number of pyridine rings is 1. The molecule has 0 bridgehead atoms. The van der Waals surface area contributed by atoms with Crippen LogP contribution in [0.1, 0.15) is 10.5 Å². The second kappa shape index (κ2) is 7.30. The monoisotopic (exact) mass is 409 g/mol. The largest absolute Gasteiger partial charge is 0.317 e. The van der Waals surface area contributed by atoms with Crippen LogP contribution in [-0.4, -0.2) is 38.6 Å².